The Balaban J connectivity index is 1.41. The monoisotopic (exact) mass is 365 g/mol. The van der Waals surface area contributed by atoms with E-state index in [1.54, 1.807) is 12.4 Å². The summed E-state index contributed by atoms with van der Waals surface area (Å²) in [6.45, 7) is 3.60. The standard InChI is InChI=1S/C20H23N5O2/c1-14(15-5-3-2-4-6-15)27-20-13-21-12-19(23-20)22-18-11-17(24-25-18)16-7-9-26-10-8-16/h2-6,11-14,16H,7-10H2,1H3,(H2,22,23,24,25)/t14-/m0/s1. The average Bonchev–Trinajstić information content (AvgIpc) is 3.18. The summed E-state index contributed by atoms with van der Waals surface area (Å²) in [5, 5.41) is 10.6. The summed E-state index contributed by atoms with van der Waals surface area (Å²) in [5.41, 5.74) is 2.21. The highest BCUT2D eigenvalue weighted by molar-refractivity contribution is 5.51. The Morgan fingerprint density at radius 2 is 1.96 bits per heavy atom. The van der Waals surface area contributed by atoms with Gasteiger partial charge in [0.05, 0.1) is 12.4 Å². The third-order valence-electron chi connectivity index (χ3n) is 4.69. The van der Waals surface area contributed by atoms with Gasteiger partial charge in [-0.1, -0.05) is 30.3 Å². The fourth-order valence-corrected chi connectivity index (χ4v) is 3.19. The minimum atomic E-state index is -0.110. The van der Waals surface area contributed by atoms with Crippen molar-refractivity contribution in [2.24, 2.45) is 0 Å². The van der Waals surface area contributed by atoms with E-state index in [0.717, 1.165) is 43.1 Å². The third-order valence-corrected chi connectivity index (χ3v) is 4.69. The molecule has 27 heavy (non-hydrogen) atoms. The second kappa shape index (κ2) is 8.18. The van der Waals surface area contributed by atoms with E-state index >= 15 is 0 Å². The van der Waals surface area contributed by atoms with Crippen molar-refractivity contribution in [1.29, 1.82) is 0 Å². The minimum Gasteiger partial charge on any atom is -0.469 e. The summed E-state index contributed by atoms with van der Waals surface area (Å²) in [6.07, 6.45) is 5.19. The van der Waals surface area contributed by atoms with Crippen LogP contribution >= 0.6 is 0 Å². The maximum Gasteiger partial charge on any atom is 0.234 e. The number of hydrogen-bond donors (Lipinski definition) is 2. The number of aromatic nitrogens is 4. The molecule has 2 N–H and O–H groups in total. The Hall–Kier alpha value is -2.93. The van der Waals surface area contributed by atoms with E-state index in [9.17, 15) is 0 Å². The van der Waals surface area contributed by atoms with E-state index < -0.39 is 0 Å². The van der Waals surface area contributed by atoms with Gasteiger partial charge in [-0.25, -0.2) is 0 Å². The molecule has 0 aliphatic carbocycles. The van der Waals surface area contributed by atoms with Gasteiger partial charge in [0.25, 0.3) is 0 Å². The van der Waals surface area contributed by atoms with Crippen molar-refractivity contribution in [2.75, 3.05) is 18.5 Å². The molecule has 0 saturated carbocycles. The summed E-state index contributed by atoms with van der Waals surface area (Å²) in [5.74, 6) is 2.25. The van der Waals surface area contributed by atoms with E-state index in [-0.39, 0.29) is 6.10 Å². The molecule has 0 unspecified atom stereocenters. The summed E-state index contributed by atoms with van der Waals surface area (Å²) in [4.78, 5) is 8.71. The molecule has 4 rings (SSSR count). The van der Waals surface area contributed by atoms with Crippen LogP contribution in [0.3, 0.4) is 0 Å². The van der Waals surface area contributed by atoms with E-state index in [0.29, 0.717) is 17.6 Å². The topological polar surface area (TPSA) is 85.0 Å². The van der Waals surface area contributed by atoms with Crippen molar-refractivity contribution in [3.8, 4) is 5.88 Å². The molecule has 1 atom stereocenters. The van der Waals surface area contributed by atoms with Crippen molar-refractivity contribution in [3.63, 3.8) is 0 Å². The maximum absolute atomic E-state index is 5.92. The molecule has 3 aromatic rings. The zero-order valence-corrected chi connectivity index (χ0v) is 15.3. The molecule has 1 fully saturated rings. The smallest absolute Gasteiger partial charge is 0.234 e. The number of benzene rings is 1. The van der Waals surface area contributed by atoms with Crippen molar-refractivity contribution >= 4 is 11.6 Å². The first-order valence-electron chi connectivity index (χ1n) is 9.21. The first kappa shape index (κ1) is 17.5. The molecule has 0 radical (unpaired) electrons. The van der Waals surface area contributed by atoms with Gasteiger partial charge in [-0.15, -0.1) is 0 Å². The highest BCUT2D eigenvalue weighted by Crippen LogP contribution is 2.27. The summed E-state index contributed by atoms with van der Waals surface area (Å²) >= 11 is 0. The molecule has 140 valence electrons. The number of nitrogens with zero attached hydrogens (tertiary/aromatic N) is 3. The van der Waals surface area contributed by atoms with E-state index in [1.807, 2.05) is 43.3 Å². The zero-order valence-electron chi connectivity index (χ0n) is 15.3. The highest BCUT2D eigenvalue weighted by atomic mass is 16.5. The lowest BCUT2D eigenvalue weighted by Crippen LogP contribution is -2.14. The van der Waals surface area contributed by atoms with Gasteiger partial charge in [0, 0.05) is 30.9 Å². The first-order chi connectivity index (χ1) is 13.3. The van der Waals surface area contributed by atoms with Crippen LogP contribution in [0.25, 0.3) is 0 Å². The Bertz CT molecular complexity index is 862. The van der Waals surface area contributed by atoms with Gasteiger partial charge < -0.3 is 14.8 Å². The van der Waals surface area contributed by atoms with Crippen LogP contribution in [0, 0.1) is 0 Å². The number of H-pyrrole nitrogens is 1. The van der Waals surface area contributed by atoms with E-state index in [2.05, 4.69) is 25.5 Å². The highest BCUT2D eigenvalue weighted by Gasteiger charge is 2.18. The Kier molecular flexibility index (Phi) is 5.29. The van der Waals surface area contributed by atoms with Crippen molar-refractivity contribution in [1.82, 2.24) is 20.2 Å². The van der Waals surface area contributed by atoms with Crippen LogP contribution in [-0.4, -0.2) is 33.4 Å². The Morgan fingerprint density at radius 1 is 1.15 bits per heavy atom. The van der Waals surface area contributed by atoms with E-state index in [1.165, 1.54) is 0 Å². The van der Waals surface area contributed by atoms with Gasteiger partial charge >= 0.3 is 0 Å². The average molecular weight is 365 g/mol. The van der Waals surface area contributed by atoms with Crippen molar-refractivity contribution < 1.29 is 9.47 Å². The van der Waals surface area contributed by atoms with Gasteiger partial charge in [-0.05, 0) is 25.3 Å². The lowest BCUT2D eigenvalue weighted by Gasteiger charge is -2.20. The van der Waals surface area contributed by atoms with Crippen LogP contribution in [0.5, 0.6) is 5.88 Å². The van der Waals surface area contributed by atoms with Gasteiger partial charge in [-0.3, -0.25) is 10.1 Å². The van der Waals surface area contributed by atoms with Crippen molar-refractivity contribution in [3.05, 3.63) is 60.0 Å². The molecular weight excluding hydrogens is 342 g/mol. The van der Waals surface area contributed by atoms with Crippen LogP contribution in [-0.2, 0) is 4.74 Å². The lowest BCUT2D eigenvalue weighted by molar-refractivity contribution is 0.0845. The molecule has 7 heteroatoms. The molecule has 2 aromatic heterocycles. The fourth-order valence-electron chi connectivity index (χ4n) is 3.19. The number of anilines is 2. The van der Waals surface area contributed by atoms with Crippen LogP contribution in [0.4, 0.5) is 11.6 Å². The van der Waals surface area contributed by atoms with Crippen LogP contribution in [0.15, 0.2) is 48.8 Å². The number of aromatic amines is 1. The predicted octanol–water partition coefficient (Wildman–Crippen LogP) is 3.98. The Labute approximate surface area is 158 Å². The maximum atomic E-state index is 5.92. The summed E-state index contributed by atoms with van der Waals surface area (Å²) in [7, 11) is 0. The van der Waals surface area contributed by atoms with Gasteiger partial charge in [0.1, 0.15) is 6.10 Å². The molecular formula is C20H23N5O2. The summed E-state index contributed by atoms with van der Waals surface area (Å²) < 4.78 is 11.3. The minimum absolute atomic E-state index is 0.110. The van der Waals surface area contributed by atoms with Crippen LogP contribution in [0.2, 0.25) is 0 Å². The van der Waals surface area contributed by atoms with E-state index in [4.69, 9.17) is 9.47 Å². The largest absolute Gasteiger partial charge is 0.469 e. The number of hydrogen-bond acceptors (Lipinski definition) is 6. The lowest BCUT2D eigenvalue weighted by atomic mass is 9.97. The first-order valence-corrected chi connectivity index (χ1v) is 9.21. The number of ether oxygens (including phenoxy) is 2. The molecule has 1 aliphatic rings. The molecule has 3 heterocycles. The third kappa shape index (κ3) is 4.43. The number of nitrogens with one attached hydrogen (secondary N) is 2. The SMILES string of the molecule is C[C@H](Oc1cncc(Nc2cc(C3CCOCC3)[nH]n2)n1)c1ccccc1. The molecule has 1 aliphatic heterocycles. The van der Waals surface area contributed by atoms with Gasteiger partial charge in [0.2, 0.25) is 5.88 Å². The van der Waals surface area contributed by atoms with Crippen molar-refractivity contribution in [2.45, 2.75) is 31.8 Å². The Morgan fingerprint density at radius 3 is 2.78 bits per heavy atom. The molecule has 0 bridgehead atoms. The fraction of sp³-hybridized carbons (Fsp3) is 0.350. The molecule has 0 spiro atoms. The number of rotatable bonds is 6. The quantitative estimate of drug-likeness (QED) is 0.687. The van der Waals surface area contributed by atoms with Gasteiger partial charge in [0.15, 0.2) is 11.6 Å². The molecule has 1 aromatic carbocycles. The molecule has 0 amide bonds. The van der Waals surface area contributed by atoms with Crippen LogP contribution < -0.4 is 10.1 Å². The normalized spacial score (nSPS) is 16.0. The summed E-state index contributed by atoms with van der Waals surface area (Å²) in [6, 6.07) is 12.1. The zero-order chi connectivity index (χ0) is 18.5. The second-order valence-electron chi connectivity index (χ2n) is 6.63. The van der Waals surface area contributed by atoms with Gasteiger partial charge in [-0.2, -0.15) is 10.1 Å². The van der Waals surface area contributed by atoms with Crippen LogP contribution in [0.1, 0.15) is 43.0 Å². The molecule has 1 saturated heterocycles. The molecule has 7 nitrogen and oxygen atoms in total. The predicted molar refractivity (Wildman–Crippen MR) is 102 cm³/mol. The second-order valence-corrected chi connectivity index (χ2v) is 6.63.